The summed E-state index contributed by atoms with van der Waals surface area (Å²) in [6, 6.07) is 3.11. The van der Waals surface area contributed by atoms with Crippen molar-refractivity contribution < 1.29 is 18.0 Å². The zero-order valence-electron chi connectivity index (χ0n) is 10.6. The summed E-state index contributed by atoms with van der Waals surface area (Å²) in [6.07, 6.45) is -4.87. The van der Waals surface area contributed by atoms with Gasteiger partial charge in [0.25, 0.3) is 0 Å². The van der Waals surface area contributed by atoms with Crippen LogP contribution in [0.5, 0.6) is 0 Å². The van der Waals surface area contributed by atoms with E-state index in [0.717, 1.165) is 12.1 Å². The maximum Gasteiger partial charge on any atom is 0.418 e. The SMILES string of the molecule is Cn1nnnc1CC(=O)Nc1ccc(Cl)cc1C(F)(F)F. The van der Waals surface area contributed by atoms with E-state index in [1.807, 2.05) is 0 Å². The van der Waals surface area contributed by atoms with Gasteiger partial charge in [-0.1, -0.05) is 11.6 Å². The Morgan fingerprint density at radius 3 is 2.71 bits per heavy atom. The average Bonchev–Trinajstić information content (AvgIpc) is 2.76. The van der Waals surface area contributed by atoms with Gasteiger partial charge in [0.05, 0.1) is 17.7 Å². The van der Waals surface area contributed by atoms with Crippen molar-refractivity contribution >= 4 is 23.2 Å². The molecule has 0 saturated carbocycles. The van der Waals surface area contributed by atoms with Gasteiger partial charge in [0.15, 0.2) is 5.82 Å². The highest BCUT2D eigenvalue weighted by Gasteiger charge is 2.34. The van der Waals surface area contributed by atoms with Gasteiger partial charge >= 0.3 is 6.18 Å². The highest BCUT2D eigenvalue weighted by atomic mass is 35.5. The number of rotatable bonds is 3. The molecular formula is C11H9ClF3N5O. The van der Waals surface area contributed by atoms with Gasteiger partial charge in [0.1, 0.15) is 0 Å². The molecule has 1 aromatic carbocycles. The average molecular weight is 320 g/mol. The second-order valence-electron chi connectivity index (χ2n) is 4.13. The minimum absolute atomic E-state index is 0.0715. The molecule has 0 atom stereocenters. The lowest BCUT2D eigenvalue weighted by Gasteiger charge is -2.13. The Labute approximate surface area is 121 Å². The summed E-state index contributed by atoms with van der Waals surface area (Å²) in [5.41, 5.74) is -1.38. The molecule has 1 aromatic heterocycles. The van der Waals surface area contributed by atoms with Crippen LogP contribution in [0.3, 0.4) is 0 Å². The number of nitrogens with one attached hydrogen (secondary N) is 1. The van der Waals surface area contributed by atoms with E-state index in [0.29, 0.717) is 0 Å². The van der Waals surface area contributed by atoms with Gasteiger partial charge in [-0.15, -0.1) is 5.10 Å². The Balaban J connectivity index is 2.20. The maximum atomic E-state index is 12.9. The summed E-state index contributed by atoms with van der Waals surface area (Å²) in [5, 5.41) is 12.6. The summed E-state index contributed by atoms with van der Waals surface area (Å²) in [4.78, 5) is 11.8. The molecule has 0 bridgehead atoms. The van der Waals surface area contributed by atoms with E-state index in [1.54, 1.807) is 0 Å². The number of tetrazole rings is 1. The van der Waals surface area contributed by atoms with E-state index in [-0.39, 0.29) is 23.0 Å². The van der Waals surface area contributed by atoms with Crippen molar-refractivity contribution in [1.29, 1.82) is 0 Å². The van der Waals surface area contributed by atoms with Crippen LogP contribution in [0.15, 0.2) is 18.2 Å². The molecule has 10 heteroatoms. The van der Waals surface area contributed by atoms with Crippen molar-refractivity contribution in [3.8, 4) is 0 Å². The second-order valence-corrected chi connectivity index (χ2v) is 4.57. The lowest BCUT2D eigenvalue weighted by Crippen LogP contribution is -2.20. The number of nitrogens with zero attached hydrogens (tertiary/aromatic N) is 4. The molecule has 21 heavy (non-hydrogen) atoms. The van der Waals surface area contributed by atoms with Gasteiger partial charge in [-0.2, -0.15) is 13.2 Å². The molecule has 0 aliphatic carbocycles. The van der Waals surface area contributed by atoms with Crippen LogP contribution < -0.4 is 5.32 Å². The van der Waals surface area contributed by atoms with Crippen LogP contribution in [0.1, 0.15) is 11.4 Å². The van der Waals surface area contributed by atoms with Crippen molar-refractivity contribution in [2.75, 3.05) is 5.32 Å². The van der Waals surface area contributed by atoms with Crippen LogP contribution in [0.4, 0.5) is 18.9 Å². The smallest absolute Gasteiger partial charge is 0.325 e. The number of benzene rings is 1. The Hall–Kier alpha value is -2.16. The fraction of sp³-hybridized carbons (Fsp3) is 0.273. The molecule has 6 nitrogen and oxygen atoms in total. The Kier molecular flexibility index (Phi) is 4.12. The van der Waals surface area contributed by atoms with Crippen molar-refractivity contribution in [3.05, 3.63) is 34.6 Å². The molecule has 0 fully saturated rings. The predicted molar refractivity (Wildman–Crippen MR) is 67.6 cm³/mol. The van der Waals surface area contributed by atoms with E-state index in [4.69, 9.17) is 11.6 Å². The summed E-state index contributed by atoms with van der Waals surface area (Å²) in [6.45, 7) is 0. The van der Waals surface area contributed by atoms with Crippen LogP contribution in [0.25, 0.3) is 0 Å². The number of anilines is 1. The van der Waals surface area contributed by atoms with Crippen molar-refractivity contribution in [3.63, 3.8) is 0 Å². The molecule has 2 rings (SSSR count). The zero-order chi connectivity index (χ0) is 15.6. The molecule has 0 saturated heterocycles. The highest BCUT2D eigenvalue weighted by Crippen LogP contribution is 2.36. The predicted octanol–water partition coefficient (Wildman–Crippen LogP) is 2.06. The number of carbonyl (C=O) groups excluding carboxylic acids is 1. The lowest BCUT2D eigenvalue weighted by atomic mass is 10.1. The van der Waals surface area contributed by atoms with Crippen molar-refractivity contribution in [1.82, 2.24) is 20.2 Å². The largest absolute Gasteiger partial charge is 0.418 e. The fourth-order valence-corrected chi connectivity index (χ4v) is 1.77. The van der Waals surface area contributed by atoms with E-state index < -0.39 is 17.6 Å². The van der Waals surface area contributed by atoms with Gasteiger partial charge in [0, 0.05) is 12.1 Å². The number of alkyl halides is 3. The minimum atomic E-state index is -4.63. The molecule has 0 unspecified atom stereocenters. The highest BCUT2D eigenvalue weighted by molar-refractivity contribution is 6.30. The number of halogens is 4. The number of hydrogen-bond donors (Lipinski definition) is 1. The molecule has 1 amide bonds. The summed E-state index contributed by atoms with van der Waals surface area (Å²) >= 11 is 5.55. The molecule has 2 aromatic rings. The summed E-state index contributed by atoms with van der Waals surface area (Å²) in [7, 11) is 1.52. The monoisotopic (exact) mass is 319 g/mol. The first kappa shape index (κ1) is 15.2. The van der Waals surface area contributed by atoms with Crippen LogP contribution in [0.2, 0.25) is 5.02 Å². The Morgan fingerprint density at radius 2 is 2.14 bits per heavy atom. The summed E-state index contributed by atoms with van der Waals surface area (Å²) < 4.78 is 39.9. The van der Waals surface area contributed by atoms with Gasteiger partial charge in [-0.25, -0.2) is 4.68 Å². The third kappa shape index (κ3) is 3.69. The van der Waals surface area contributed by atoms with Crippen LogP contribution in [0, 0.1) is 0 Å². The lowest BCUT2D eigenvalue weighted by molar-refractivity contribution is -0.137. The quantitative estimate of drug-likeness (QED) is 0.940. The van der Waals surface area contributed by atoms with Gasteiger partial charge in [-0.05, 0) is 28.6 Å². The topological polar surface area (TPSA) is 72.7 Å². The van der Waals surface area contributed by atoms with E-state index >= 15 is 0 Å². The fourth-order valence-electron chi connectivity index (χ4n) is 1.60. The molecule has 1 N–H and O–H groups in total. The number of carbonyl (C=O) groups is 1. The standard InChI is InChI=1S/C11H9ClF3N5O/c1-20-9(17-18-19-20)5-10(21)16-8-3-2-6(12)4-7(8)11(13,14)15/h2-4H,5H2,1H3,(H,16,21). The van der Waals surface area contributed by atoms with E-state index in [2.05, 4.69) is 20.8 Å². The first-order chi connectivity index (χ1) is 9.77. The number of aromatic nitrogens is 4. The van der Waals surface area contributed by atoms with E-state index in [9.17, 15) is 18.0 Å². The van der Waals surface area contributed by atoms with E-state index in [1.165, 1.54) is 17.8 Å². The first-order valence-electron chi connectivity index (χ1n) is 5.65. The molecule has 1 heterocycles. The molecule has 0 radical (unpaired) electrons. The van der Waals surface area contributed by atoms with Crippen LogP contribution in [-0.4, -0.2) is 26.1 Å². The molecule has 0 spiro atoms. The molecule has 0 aliphatic heterocycles. The zero-order valence-corrected chi connectivity index (χ0v) is 11.4. The Bertz CT molecular complexity index is 670. The van der Waals surface area contributed by atoms with Gasteiger partial charge in [-0.3, -0.25) is 4.79 Å². The normalized spacial score (nSPS) is 11.5. The Morgan fingerprint density at radius 1 is 1.43 bits per heavy atom. The third-order valence-corrected chi connectivity index (χ3v) is 2.82. The number of amides is 1. The van der Waals surface area contributed by atoms with Crippen molar-refractivity contribution in [2.45, 2.75) is 12.6 Å². The third-order valence-electron chi connectivity index (χ3n) is 2.59. The molecule has 0 aliphatic rings. The van der Waals surface area contributed by atoms with Crippen LogP contribution >= 0.6 is 11.6 Å². The van der Waals surface area contributed by atoms with Gasteiger partial charge in [0.2, 0.25) is 5.91 Å². The first-order valence-corrected chi connectivity index (χ1v) is 6.03. The van der Waals surface area contributed by atoms with Crippen molar-refractivity contribution in [2.24, 2.45) is 7.05 Å². The number of aryl methyl sites for hydroxylation is 1. The van der Waals surface area contributed by atoms with Crippen LogP contribution in [-0.2, 0) is 24.4 Å². The minimum Gasteiger partial charge on any atom is -0.325 e. The summed E-state index contributed by atoms with van der Waals surface area (Å²) in [5.74, 6) is -0.434. The molecular weight excluding hydrogens is 311 g/mol. The second kappa shape index (κ2) is 5.68. The maximum absolute atomic E-state index is 12.9. The molecule has 112 valence electrons. The number of hydrogen-bond acceptors (Lipinski definition) is 4. The van der Waals surface area contributed by atoms with Gasteiger partial charge < -0.3 is 5.32 Å².